The Morgan fingerprint density at radius 3 is 2.86 bits per heavy atom. The quantitative estimate of drug-likeness (QED) is 0.756. The summed E-state index contributed by atoms with van der Waals surface area (Å²) in [4.78, 5) is 2.50. The van der Waals surface area contributed by atoms with Crippen LogP contribution in [0.5, 0.6) is 0 Å². The largest absolute Gasteiger partial charge is 0.309 e. The molecule has 0 bridgehead atoms. The fraction of sp³-hybridized carbons (Fsp3) is 0.818. The second kappa shape index (κ2) is 4.65. The normalized spacial score (nSPS) is 27.8. The van der Waals surface area contributed by atoms with Gasteiger partial charge in [-0.3, -0.25) is 4.90 Å². The molecule has 1 heterocycles. The first kappa shape index (κ1) is 10.5. The van der Waals surface area contributed by atoms with E-state index in [-0.39, 0.29) is 0 Å². The van der Waals surface area contributed by atoms with Crippen molar-refractivity contribution in [3.63, 3.8) is 0 Å². The molecule has 0 unspecified atom stereocenters. The number of hydrogen-bond donors (Lipinski definition) is 1. The van der Waals surface area contributed by atoms with Crippen LogP contribution in [-0.2, 0) is 0 Å². The summed E-state index contributed by atoms with van der Waals surface area (Å²) < 4.78 is 0. The Morgan fingerprint density at radius 2 is 2.14 bits per heavy atom. The highest BCUT2D eigenvalue weighted by Crippen LogP contribution is 2.31. The van der Waals surface area contributed by atoms with Crippen molar-refractivity contribution < 1.29 is 0 Å². The van der Waals surface area contributed by atoms with Crippen LogP contribution in [0.3, 0.4) is 0 Å². The second-order valence-corrected chi connectivity index (χ2v) is 4.76. The van der Waals surface area contributed by atoms with E-state index in [1.54, 1.807) is 5.54 Å². The molecule has 2 nitrogen and oxygen atoms in total. The van der Waals surface area contributed by atoms with E-state index in [4.69, 9.17) is 11.6 Å². The first-order valence-corrected chi connectivity index (χ1v) is 6.01. The van der Waals surface area contributed by atoms with Gasteiger partial charge >= 0.3 is 0 Å². The van der Waals surface area contributed by atoms with Crippen LogP contribution >= 0.6 is 11.6 Å². The molecule has 1 spiro atoms. The van der Waals surface area contributed by atoms with Crippen LogP contribution < -0.4 is 5.32 Å². The van der Waals surface area contributed by atoms with Crippen molar-refractivity contribution in [2.24, 2.45) is 0 Å². The van der Waals surface area contributed by atoms with Gasteiger partial charge < -0.3 is 5.32 Å². The van der Waals surface area contributed by atoms with Crippen LogP contribution in [-0.4, -0.2) is 36.6 Å². The van der Waals surface area contributed by atoms with E-state index in [2.05, 4.69) is 10.2 Å². The van der Waals surface area contributed by atoms with Gasteiger partial charge in [0.25, 0.3) is 0 Å². The van der Waals surface area contributed by atoms with Crippen LogP contribution in [0, 0.1) is 0 Å². The monoisotopic (exact) mass is 214 g/mol. The van der Waals surface area contributed by atoms with Crippen molar-refractivity contribution in [3.05, 3.63) is 11.6 Å². The zero-order valence-corrected chi connectivity index (χ0v) is 9.39. The first-order chi connectivity index (χ1) is 6.85. The van der Waals surface area contributed by atoms with E-state index in [1.807, 2.05) is 6.08 Å². The molecule has 1 saturated heterocycles. The average molecular weight is 215 g/mol. The van der Waals surface area contributed by atoms with Gasteiger partial charge in [0.15, 0.2) is 0 Å². The van der Waals surface area contributed by atoms with Crippen molar-refractivity contribution in [1.29, 1.82) is 0 Å². The van der Waals surface area contributed by atoms with Gasteiger partial charge in [0, 0.05) is 37.3 Å². The molecular formula is C11H19ClN2. The number of rotatable bonds is 2. The van der Waals surface area contributed by atoms with Crippen LogP contribution in [0.1, 0.15) is 25.7 Å². The van der Waals surface area contributed by atoms with Crippen molar-refractivity contribution in [2.45, 2.75) is 31.2 Å². The summed E-state index contributed by atoms with van der Waals surface area (Å²) in [6.45, 7) is 4.50. The topological polar surface area (TPSA) is 15.3 Å². The summed E-state index contributed by atoms with van der Waals surface area (Å²) in [5.41, 5.74) is 2.07. The van der Waals surface area contributed by atoms with Gasteiger partial charge in [-0.1, -0.05) is 30.5 Å². The second-order valence-electron chi connectivity index (χ2n) is 4.51. The van der Waals surface area contributed by atoms with Crippen molar-refractivity contribution >= 4 is 11.6 Å². The predicted octanol–water partition coefficient (Wildman–Crippen LogP) is 1.96. The molecule has 0 aromatic rings. The third-order valence-electron chi connectivity index (χ3n) is 3.47. The Balaban J connectivity index is 1.89. The van der Waals surface area contributed by atoms with Gasteiger partial charge in [0.1, 0.15) is 0 Å². The van der Waals surface area contributed by atoms with Crippen LogP contribution in [0.25, 0.3) is 0 Å². The van der Waals surface area contributed by atoms with Gasteiger partial charge in [0.05, 0.1) is 0 Å². The molecule has 1 N–H and O–H groups in total. The zero-order chi connectivity index (χ0) is 9.86. The molecule has 0 aromatic heterocycles. The minimum absolute atomic E-state index is 0.443. The highest BCUT2D eigenvalue weighted by Gasteiger charge is 2.36. The highest BCUT2D eigenvalue weighted by atomic mass is 35.5. The first-order valence-electron chi connectivity index (χ1n) is 5.57. The summed E-state index contributed by atoms with van der Waals surface area (Å²) >= 11 is 5.55. The Kier molecular flexibility index (Phi) is 3.47. The van der Waals surface area contributed by atoms with Crippen LogP contribution in [0.4, 0.5) is 0 Å². The molecular weight excluding hydrogens is 196 g/mol. The fourth-order valence-electron chi connectivity index (χ4n) is 2.77. The third-order valence-corrected chi connectivity index (χ3v) is 3.65. The molecule has 1 saturated carbocycles. The maximum Gasteiger partial charge on any atom is 0.0309 e. The Bertz CT molecular complexity index is 209. The van der Waals surface area contributed by atoms with Gasteiger partial charge in [-0.2, -0.15) is 0 Å². The maximum absolute atomic E-state index is 5.55. The standard InChI is InChI=1S/C11H19ClN2/c12-6-3-8-14-9-7-13-11(10-14)4-1-2-5-11/h3,6,13H,1-2,4-5,7-10H2/b6-3+. The lowest BCUT2D eigenvalue weighted by Gasteiger charge is -2.41. The minimum Gasteiger partial charge on any atom is -0.309 e. The van der Waals surface area contributed by atoms with Crippen LogP contribution in [0.15, 0.2) is 11.6 Å². The molecule has 80 valence electrons. The fourth-order valence-corrected chi connectivity index (χ4v) is 2.85. The molecule has 3 heteroatoms. The van der Waals surface area contributed by atoms with Crippen LogP contribution in [0.2, 0.25) is 0 Å². The van der Waals surface area contributed by atoms with Gasteiger partial charge in [-0.05, 0) is 12.8 Å². The molecule has 0 aromatic carbocycles. The molecule has 1 aliphatic heterocycles. The predicted molar refractivity (Wildman–Crippen MR) is 60.6 cm³/mol. The van der Waals surface area contributed by atoms with E-state index in [0.717, 1.165) is 19.6 Å². The summed E-state index contributed by atoms with van der Waals surface area (Å²) in [7, 11) is 0. The molecule has 0 atom stereocenters. The molecule has 0 radical (unpaired) electrons. The average Bonchev–Trinajstić information content (AvgIpc) is 2.63. The van der Waals surface area contributed by atoms with E-state index in [9.17, 15) is 0 Å². The number of nitrogens with one attached hydrogen (secondary N) is 1. The van der Waals surface area contributed by atoms with Crippen molar-refractivity contribution in [1.82, 2.24) is 10.2 Å². The van der Waals surface area contributed by atoms with Gasteiger partial charge in [-0.15, -0.1) is 0 Å². The molecule has 2 fully saturated rings. The zero-order valence-electron chi connectivity index (χ0n) is 8.64. The summed E-state index contributed by atoms with van der Waals surface area (Å²) in [5, 5.41) is 3.70. The van der Waals surface area contributed by atoms with Gasteiger partial charge in [0.2, 0.25) is 0 Å². The smallest absolute Gasteiger partial charge is 0.0309 e. The minimum atomic E-state index is 0.443. The molecule has 0 amide bonds. The number of halogens is 1. The molecule has 2 aliphatic rings. The lowest BCUT2D eigenvalue weighted by atomic mass is 9.94. The lowest BCUT2D eigenvalue weighted by molar-refractivity contribution is 0.147. The summed E-state index contributed by atoms with van der Waals surface area (Å²) in [6, 6.07) is 0. The SMILES string of the molecule is Cl/C=C/CN1CCNC2(CCCC2)C1. The number of piperazine rings is 1. The summed E-state index contributed by atoms with van der Waals surface area (Å²) in [6.07, 6.45) is 7.54. The number of nitrogens with zero attached hydrogens (tertiary/aromatic N) is 1. The summed E-state index contributed by atoms with van der Waals surface area (Å²) in [5.74, 6) is 0. The van der Waals surface area contributed by atoms with E-state index in [0.29, 0.717) is 5.54 Å². The Morgan fingerprint density at radius 1 is 1.36 bits per heavy atom. The highest BCUT2D eigenvalue weighted by molar-refractivity contribution is 6.25. The van der Waals surface area contributed by atoms with Gasteiger partial charge in [-0.25, -0.2) is 0 Å². The van der Waals surface area contributed by atoms with Crippen molar-refractivity contribution in [2.75, 3.05) is 26.2 Å². The molecule has 1 aliphatic carbocycles. The Hall–Kier alpha value is -0.0500. The maximum atomic E-state index is 5.55. The lowest BCUT2D eigenvalue weighted by Crippen LogP contribution is -2.58. The molecule has 2 rings (SSSR count). The van der Waals surface area contributed by atoms with E-state index < -0.39 is 0 Å². The van der Waals surface area contributed by atoms with Crippen molar-refractivity contribution in [3.8, 4) is 0 Å². The Labute approximate surface area is 91.3 Å². The third kappa shape index (κ3) is 2.30. The number of hydrogen-bond acceptors (Lipinski definition) is 2. The molecule has 14 heavy (non-hydrogen) atoms. The van der Waals surface area contributed by atoms with E-state index >= 15 is 0 Å². The van der Waals surface area contributed by atoms with E-state index in [1.165, 1.54) is 32.2 Å².